The number of hydrogen-bond donors (Lipinski definition) is 1. The van der Waals surface area contributed by atoms with E-state index < -0.39 is 0 Å². The van der Waals surface area contributed by atoms with E-state index in [4.69, 9.17) is 5.26 Å². The number of rotatable bonds is 6. The van der Waals surface area contributed by atoms with Crippen LogP contribution in [0.25, 0.3) is 11.4 Å². The summed E-state index contributed by atoms with van der Waals surface area (Å²) in [7, 11) is 0. The number of amides is 1. The summed E-state index contributed by atoms with van der Waals surface area (Å²) in [6.45, 7) is 0. The van der Waals surface area contributed by atoms with Crippen LogP contribution in [0, 0.1) is 11.3 Å². The van der Waals surface area contributed by atoms with Crippen molar-refractivity contribution in [2.75, 3.05) is 11.1 Å². The fraction of sp³-hybridized carbons (Fsp3) is 0.211. The number of pyridine rings is 1. The molecule has 0 saturated heterocycles. The lowest BCUT2D eigenvalue weighted by molar-refractivity contribution is -0.113. The highest BCUT2D eigenvalue weighted by molar-refractivity contribution is 7.99. The Balaban J connectivity index is 1.48. The molecule has 1 aromatic carbocycles. The number of thioether (sulfide) groups is 1. The molecule has 2 heterocycles. The Morgan fingerprint density at radius 2 is 2.11 bits per heavy atom. The van der Waals surface area contributed by atoms with Gasteiger partial charge in [0.1, 0.15) is 6.07 Å². The summed E-state index contributed by atoms with van der Waals surface area (Å²) in [6.07, 6.45) is 5.66. The summed E-state index contributed by atoms with van der Waals surface area (Å²) >= 11 is 1.35. The van der Waals surface area contributed by atoms with Crippen LogP contribution in [0.5, 0.6) is 0 Å². The van der Waals surface area contributed by atoms with E-state index >= 15 is 0 Å². The molecule has 7 nitrogen and oxygen atoms in total. The van der Waals surface area contributed by atoms with Crippen molar-refractivity contribution >= 4 is 23.4 Å². The third-order valence-corrected chi connectivity index (χ3v) is 5.09. The van der Waals surface area contributed by atoms with Gasteiger partial charge < -0.3 is 5.32 Å². The van der Waals surface area contributed by atoms with Gasteiger partial charge in [-0.1, -0.05) is 23.9 Å². The number of carbonyl (C=O) groups is 1. The molecule has 0 atom stereocenters. The molecule has 0 bridgehead atoms. The van der Waals surface area contributed by atoms with Gasteiger partial charge in [0, 0.05) is 24.0 Å². The van der Waals surface area contributed by atoms with E-state index in [0.717, 1.165) is 29.4 Å². The van der Waals surface area contributed by atoms with Crippen LogP contribution >= 0.6 is 11.8 Å². The van der Waals surface area contributed by atoms with E-state index in [1.165, 1.54) is 11.8 Å². The molecule has 0 aliphatic heterocycles. The maximum atomic E-state index is 12.3. The summed E-state index contributed by atoms with van der Waals surface area (Å²) in [5, 5.41) is 21.2. The van der Waals surface area contributed by atoms with Crippen molar-refractivity contribution in [3.8, 4) is 17.5 Å². The molecule has 1 aliphatic rings. The summed E-state index contributed by atoms with van der Waals surface area (Å²) < 4.78 is 2.10. The van der Waals surface area contributed by atoms with Crippen molar-refractivity contribution in [2.45, 2.75) is 24.0 Å². The average Bonchev–Trinajstić information content (AvgIpc) is 3.46. The minimum absolute atomic E-state index is 0.184. The highest BCUT2D eigenvalue weighted by Gasteiger charge is 2.30. The summed E-state index contributed by atoms with van der Waals surface area (Å²) in [4.78, 5) is 16.5. The maximum absolute atomic E-state index is 12.3. The van der Waals surface area contributed by atoms with Crippen LogP contribution in [0.4, 0.5) is 5.69 Å². The first-order valence-electron chi connectivity index (χ1n) is 8.53. The number of nitrogens with zero attached hydrogens (tertiary/aromatic N) is 5. The normalized spacial score (nSPS) is 13.1. The topological polar surface area (TPSA) is 96.5 Å². The zero-order valence-corrected chi connectivity index (χ0v) is 15.2. The van der Waals surface area contributed by atoms with Gasteiger partial charge in [-0.25, -0.2) is 0 Å². The third kappa shape index (κ3) is 3.83. The Bertz CT molecular complexity index is 1010. The standard InChI is InChI=1S/C19H16N6OS/c20-10-13-4-1-2-6-16(13)22-17(26)12-27-19-24-23-18(25(19)15-7-8-15)14-5-3-9-21-11-14/h1-6,9,11,15H,7-8,12H2,(H,22,26). The summed E-state index contributed by atoms with van der Waals surface area (Å²) in [6, 6.07) is 13.2. The number of para-hydroxylation sites is 1. The second-order valence-corrected chi connectivity index (χ2v) is 7.09. The first-order valence-corrected chi connectivity index (χ1v) is 9.52. The Labute approximate surface area is 160 Å². The molecule has 2 aromatic heterocycles. The molecule has 134 valence electrons. The van der Waals surface area contributed by atoms with Crippen LogP contribution in [0.15, 0.2) is 53.9 Å². The van der Waals surface area contributed by atoms with E-state index in [1.807, 2.05) is 12.1 Å². The van der Waals surface area contributed by atoms with Crippen LogP contribution < -0.4 is 5.32 Å². The molecule has 4 rings (SSSR count). The number of aromatic nitrogens is 4. The van der Waals surface area contributed by atoms with Crippen molar-refractivity contribution in [3.05, 3.63) is 54.4 Å². The van der Waals surface area contributed by atoms with E-state index in [0.29, 0.717) is 17.3 Å². The van der Waals surface area contributed by atoms with Crippen LogP contribution in [-0.4, -0.2) is 31.4 Å². The van der Waals surface area contributed by atoms with Gasteiger partial charge >= 0.3 is 0 Å². The molecule has 1 amide bonds. The van der Waals surface area contributed by atoms with Crippen LogP contribution in [0.3, 0.4) is 0 Å². The number of nitriles is 1. The van der Waals surface area contributed by atoms with Crippen LogP contribution in [0.1, 0.15) is 24.4 Å². The predicted octanol–water partition coefficient (Wildman–Crippen LogP) is 3.28. The summed E-state index contributed by atoms with van der Waals surface area (Å²) in [5.41, 5.74) is 1.87. The Kier molecular flexibility index (Phi) is 4.85. The number of anilines is 1. The molecular weight excluding hydrogens is 360 g/mol. The molecule has 0 radical (unpaired) electrons. The quantitative estimate of drug-likeness (QED) is 0.663. The molecule has 1 aliphatic carbocycles. The van der Waals surface area contributed by atoms with Crippen molar-refractivity contribution in [3.63, 3.8) is 0 Å². The first kappa shape index (κ1) is 17.2. The zero-order chi connectivity index (χ0) is 18.6. The van der Waals surface area contributed by atoms with Gasteiger partial charge in [0.15, 0.2) is 11.0 Å². The van der Waals surface area contributed by atoms with Crippen LogP contribution in [0.2, 0.25) is 0 Å². The van der Waals surface area contributed by atoms with E-state index in [9.17, 15) is 4.79 Å². The van der Waals surface area contributed by atoms with E-state index in [2.05, 4.69) is 31.1 Å². The van der Waals surface area contributed by atoms with E-state index in [1.54, 1.807) is 36.7 Å². The number of nitrogens with one attached hydrogen (secondary N) is 1. The smallest absolute Gasteiger partial charge is 0.234 e. The number of benzene rings is 1. The molecule has 1 N–H and O–H groups in total. The lowest BCUT2D eigenvalue weighted by atomic mass is 10.2. The SMILES string of the molecule is N#Cc1ccccc1NC(=O)CSc1nnc(-c2cccnc2)n1C1CC1. The van der Waals surface area contributed by atoms with Gasteiger partial charge in [-0.05, 0) is 37.1 Å². The highest BCUT2D eigenvalue weighted by Crippen LogP contribution is 2.40. The summed E-state index contributed by atoms with van der Waals surface area (Å²) in [5.74, 6) is 0.789. The lowest BCUT2D eigenvalue weighted by Gasteiger charge is -2.09. The molecule has 0 spiro atoms. The van der Waals surface area contributed by atoms with Gasteiger partial charge in [-0.15, -0.1) is 10.2 Å². The molecule has 1 fully saturated rings. The van der Waals surface area contributed by atoms with Gasteiger partial charge in [0.05, 0.1) is 17.0 Å². The van der Waals surface area contributed by atoms with Crippen molar-refractivity contribution in [1.82, 2.24) is 19.7 Å². The van der Waals surface area contributed by atoms with Gasteiger partial charge in [0.25, 0.3) is 0 Å². The minimum atomic E-state index is -0.184. The lowest BCUT2D eigenvalue weighted by Crippen LogP contribution is -2.15. The van der Waals surface area contributed by atoms with Crippen molar-refractivity contribution in [2.24, 2.45) is 0 Å². The van der Waals surface area contributed by atoms with Gasteiger partial charge in [-0.2, -0.15) is 5.26 Å². The van der Waals surface area contributed by atoms with Gasteiger partial charge in [0.2, 0.25) is 5.91 Å². The number of hydrogen-bond acceptors (Lipinski definition) is 6. The van der Waals surface area contributed by atoms with E-state index in [-0.39, 0.29) is 11.7 Å². The molecule has 1 saturated carbocycles. The fourth-order valence-corrected chi connectivity index (χ4v) is 3.54. The largest absolute Gasteiger partial charge is 0.324 e. The molecule has 27 heavy (non-hydrogen) atoms. The Morgan fingerprint density at radius 3 is 2.85 bits per heavy atom. The van der Waals surface area contributed by atoms with Crippen LogP contribution in [-0.2, 0) is 4.79 Å². The van der Waals surface area contributed by atoms with Crippen molar-refractivity contribution < 1.29 is 4.79 Å². The molecule has 3 aromatic rings. The predicted molar refractivity (Wildman–Crippen MR) is 102 cm³/mol. The number of carbonyl (C=O) groups excluding carboxylic acids is 1. The second kappa shape index (κ2) is 7.60. The highest BCUT2D eigenvalue weighted by atomic mass is 32.2. The molecule has 0 unspecified atom stereocenters. The monoisotopic (exact) mass is 376 g/mol. The van der Waals surface area contributed by atoms with Crippen molar-refractivity contribution in [1.29, 1.82) is 5.26 Å². The second-order valence-electron chi connectivity index (χ2n) is 6.14. The molecule has 8 heteroatoms. The minimum Gasteiger partial charge on any atom is -0.324 e. The third-order valence-electron chi connectivity index (χ3n) is 4.15. The van der Waals surface area contributed by atoms with Gasteiger partial charge in [-0.3, -0.25) is 14.3 Å². The zero-order valence-electron chi connectivity index (χ0n) is 14.4. The Morgan fingerprint density at radius 1 is 1.26 bits per heavy atom. The fourth-order valence-electron chi connectivity index (χ4n) is 2.74. The first-order chi connectivity index (χ1) is 13.3. The average molecular weight is 376 g/mol. The Hall–Kier alpha value is -3.18. The molecular formula is C19H16N6OS. The maximum Gasteiger partial charge on any atom is 0.234 e.